The maximum Gasteiger partial charge on any atom is 0.260 e. The molecule has 0 aliphatic rings. The fourth-order valence-electron chi connectivity index (χ4n) is 1.71. The lowest BCUT2D eigenvalue weighted by atomic mass is 10.1. The van der Waals surface area contributed by atoms with E-state index in [9.17, 15) is 9.59 Å². The second kappa shape index (κ2) is 5.71. The van der Waals surface area contributed by atoms with Gasteiger partial charge in [-0.3, -0.25) is 9.59 Å². The van der Waals surface area contributed by atoms with Crippen LogP contribution in [0, 0.1) is 0 Å². The molecule has 0 saturated carbocycles. The Morgan fingerprint density at radius 3 is 2.58 bits per heavy atom. The van der Waals surface area contributed by atoms with Crippen LogP contribution in [0.2, 0.25) is 5.02 Å². The van der Waals surface area contributed by atoms with Crippen molar-refractivity contribution in [2.75, 3.05) is 0 Å². The lowest BCUT2D eigenvalue weighted by molar-refractivity contribution is 0.0938. The maximum atomic E-state index is 12.0. The van der Waals surface area contributed by atoms with Crippen LogP contribution in [0.3, 0.4) is 0 Å². The Balaban J connectivity index is 2.13. The molecule has 0 aliphatic heterocycles. The molecule has 0 bridgehead atoms. The van der Waals surface area contributed by atoms with Gasteiger partial charge in [0.25, 0.3) is 11.5 Å². The van der Waals surface area contributed by atoms with E-state index in [0.29, 0.717) is 5.02 Å². The SMILES string of the molecule is C[C@H](NC(=O)c1ccc[nH]c1=O)c1ccc(Cl)cc1. The van der Waals surface area contributed by atoms with E-state index < -0.39 is 11.5 Å². The number of carbonyl (C=O) groups excluding carboxylic acids is 1. The Hall–Kier alpha value is -2.07. The van der Waals surface area contributed by atoms with Crippen LogP contribution < -0.4 is 10.9 Å². The molecule has 1 heterocycles. The van der Waals surface area contributed by atoms with E-state index >= 15 is 0 Å². The van der Waals surface area contributed by atoms with Crippen molar-refractivity contribution in [3.05, 3.63) is 69.1 Å². The first-order valence-electron chi connectivity index (χ1n) is 5.82. The van der Waals surface area contributed by atoms with E-state index in [2.05, 4.69) is 10.3 Å². The van der Waals surface area contributed by atoms with E-state index in [4.69, 9.17) is 11.6 Å². The average Bonchev–Trinajstić information content (AvgIpc) is 2.39. The van der Waals surface area contributed by atoms with Gasteiger partial charge in [0, 0.05) is 11.2 Å². The number of hydrogen-bond donors (Lipinski definition) is 2. The molecule has 1 aromatic heterocycles. The number of rotatable bonds is 3. The van der Waals surface area contributed by atoms with Gasteiger partial charge in [0.15, 0.2) is 0 Å². The van der Waals surface area contributed by atoms with E-state index in [1.165, 1.54) is 12.3 Å². The molecule has 0 spiro atoms. The summed E-state index contributed by atoms with van der Waals surface area (Å²) >= 11 is 5.81. The molecule has 5 heteroatoms. The molecule has 1 aromatic carbocycles. The number of amides is 1. The van der Waals surface area contributed by atoms with Crippen LogP contribution in [0.5, 0.6) is 0 Å². The zero-order valence-electron chi connectivity index (χ0n) is 10.3. The van der Waals surface area contributed by atoms with E-state index in [1.807, 2.05) is 19.1 Å². The molecule has 1 amide bonds. The highest BCUT2D eigenvalue weighted by Crippen LogP contribution is 2.16. The number of pyridine rings is 1. The van der Waals surface area contributed by atoms with Gasteiger partial charge in [-0.2, -0.15) is 0 Å². The molecule has 19 heavy (non-hydrogen) atoms. The number of hydrogen-bond acceptors (Lipinski definition) is 2. The van der Waals surface area contributed by atoms with Crippen molar-refractivity contribution in [1.82, 2.24) is 10.3 Å². The van der Waals surface area contributed by atoms with Crippen LogP contribution >= 0.6 is 11.6 Å². The second-order valence-corrected chi connectivity index (χ2v) is 4.60. The summed E-state index contributed by atoms with van der Waals surface area (Å²) in [5, 5.41) is 3.41. The van der Waals surface area contributed by atoms with Crippen LogP contribution in [-0.4, -0.2) is 10.9 Å². The Morgan fingerprint density at radius 2 is 1.95 bits per heavy atom. The molecule has 4 nitrogen and oxygen atoms in total. The average molecular weight is 277 g/mol. The number of benzene rings is 1. The van der Waals surface area contributed by atoms with Crippen molar-refractivity contribution >= 4 is 17.5 Å². The molecule has 0 fully saturated rings. The minimum atomic E-state index is -0.400. The highest BCUT2D eigenvalue weighted by molar-refractivity contribution is 6.30. The van der Waals surface area contributed by atoms with Gasteiger partial charge in [0.1, 0.15) is 5.56 Å². The van der Waals surface area contributed by atoms with Crippen LogP contribution in [0.15, 0.2) is 47.4 Å². The molecule has 2 rings (SSSR count). The highest BCUT2D eigenvalue weighted by atomic mass is 35.5. The molecule has 0 saturated heterocycles. The molecular formula is C14H13ClN2O2. The smallest absolute Gasteiger partial charge is 0.260 e. The topological polar surface area (TPSA) is 62.0 Å². The molecule has 0 radical (unpaired) electrons. The van der Waals surface area contributed by atoms with Crippen LogP contribution in [0.4, 0.5) is 0 Å². The normalized spacial score (nSPS) is 11.9. The van der Waals surface area contributed by atoms with Crippen molar-refractivity contribution < 1.29 is 4.79 Å². The minimum absolute atomic E-state index is 0.100. The van der Waals surface area contributed by atoms with Crippen LogP contribution in [0.1, 0.15) is 28.9 Å². The lowest BCUT2D eigenvalue weighted by Gasteiger charge is -2.14. The van der Waals surface area contributed by atoms with Gasteiger partial charge in [-0.15, -0.1) is 0 Å². The fraction of sp³-hybridized carbons (Fsp3) is 0.143. The van der Waals surface area contributed by atoms with Gasteiger partial charge >= 0.3 is 0 Å². The third-order valence-electron chi connectivity index (χ3n) is 2.78. The summed E-state index contributed by atoms with van der Waals surface area (Å²) in [6.07, 6.45) is 1.49. The number of halogens is 1. The van der Waals surface area contributed by atoms with Gasteiger partial charge in [-0.05, 0) is 36.8 Å². The Kier molecular flexibility index (Phi) is 4.02. The third kappa shape index (κ3) is 3.23. The summed E-state index contributed by atoms with van der Waals surface area (Å²) in [5.41, 5.74) is 0.622. The number of H-pyrrole nitrogens is 1. The lowest BCUT2D eigenvalue weighted by Crippen LogP contribution is -2.31. The van der Waals surface area contributed by atoms with E-state index in [0.717, 1.165) is 5.56 Å². The summed E-state index contributed by atoms with van der Waals surface area (Å²) in [6, 6.07) is 10.1. The number of nitrogens with one attached hydrogen (secondary N) is 2. The maximum absolute atomic E-state index is 12.0. The predicted octanol–water partition coefficient (Wildman–Crippen LogP) is 2.52. The Morgan fingerprint density at radius 1 is 1.26 bits per heavy atom. The zero-order valence-corrected chi connectivity index (χ0v) is 11.1. The molecule has 0 unspecified atom stereocenters. The molecule has 1 atom stereocenters. The first-order chi connectivity index (χ1) is 9.08. The first-order valence-corrected chi connectivity index (χ1v) is 6.20. The summed E-state index contributed by atoms with van der Waals surface area (Å²) in [7, 11) is 0. The predicted molar refractivity (Wildman–Crippen MR) is 74.4 cm³/mol. The largest absolute Gasteiger partial charge is 0.345 e. The van der Waals surface area contributed by atoms with Crippen LogP contribution in [-0.2, 0) is 0 Å². The minimum Gasteiger partial charge on any atom is -0.345 e. The van der Waals surface area contributed by atoms with Crippen molar-refractivity contribution in [3.8, 4) is 0 Å². The highest BCUT2D eigenvalue weighted by Gasteiger charge is 2.13. The van der Waals surface area contributed by atoms with Crippen molar-refractivity contribution in [3.63, 3.8) is 0 Å². The number of aromatic amines is 1. The number of carbonyl (C=O) groups is 1. The van der Waals surface area contributed by atoms with Crippen molar-refractivity contribution in [1.29, 1.82) is 0 Å². The standard InChI is InChI=1S/C14H13ClN2O2/c1-9(10-4-6-11(15)7-5-10)17-14(19)12-3-2-8-16-13(12)18/h2-9H,1H3,(H,16,18)(H,17,19)/t9-/m0/s1. The molecule has 2 aromatic rings. The number of aromatic nitrogens is 1. The monoisotopic (exact) mass is 276 g/mol. The third-order valence-corrected chi connectivity index (χ3v) is 3.03. The summed E-state index contributed by atoms with van der Waals surface area (Å²) in [4.78, 5) is 25.9. The van der Waals surface area contributed by atoms with Crippen LogP contribution in [0.25, 0.3) is 0 Å². The Labute approximate surface area is 115 Å². The van der Waals surface area contributed by atoms with Gasteiger partial charge in [-0.1, -0.05) is 23.7 Å². The summed E-state index contributed by atoms with van der Waals surface area (Å²) in [6.45, 7) is 1.85. The van der Waals surface area contributed by atoms with Gasteiger partial charge in [0.05, 0.1) is 6.04 Å². The quantitative estimate of drug-likeness (QED) is 0.905. The zero-order chi connectivity index (χ0) is 13.8. The van der Waals surface area contributed by atoms with Gasteiger partial charge < -0.3 is 10.3 Å². The fourth-order valence-corrected chi connectivity index (χ4v) is 1.84. The molecule has 2 N–H and O–H groups in total. The summed E-state index contributed by atoms with van der Waals surface area (Å²) in [5.74, 6) is -0.399. The van der Waals surface area contributed by atoms with E-state index in [-0.39, 0.29) is 11.6 Å². The van der Waals surface area contributed by atoms with Crippen molar-refractivity contribution in [2.45, 2.75) is 13.0 Å². The Bertz CT molecular complexity index is 634. The molecular weight excluding hydrogens is 264 g/mol. The van der Waals surface area contributed by atoms with Gasteiger partial charge in [0.2, 0.25) is 0 Å². The van der Waals surface area contributed by atoms with Crippen molar-refractivity contribution in [2.24, 2.45) is 0 Å². The van der Waals surface area contributed by atoms with E-state index in [1.54, 1.807) is 18.2 Å². The summed E-state index contributed by atoms with van der Waals surface area (Å²) < 4.78 is 0. The first kappa shape index (κ1) is 13.4. The molecule has 98 valence electrons. The molecule has 0 aliphatic carbocycles. The second-order valence-electron chi connectivity index (χ2n) is 4.16. The van der Waals surface area contributed by atoms with Gasteiger partial charge in [-0.25, -0.2) is 0 Å².